The highest BCUT2D eigenvalue weighted by atomic mass is 127. The van der Waals surface area contributed by atoms with Gasteiger partial charge in [0.1, 0.15) is 11.6 Å². The van der Waals surface area contributed by atoms with Gasteiger partial charge in [-0.05, 0) is 35.4 Å². The molecule has 96 valence electrons. The number of nitrogens with zero attached hydrogens (tertiary/aromatic N) is 1. The zero-order valence-corrected chi connectivity index (χ0v) is 12.4. The van der Waals surface area contributed by atoms with E-state index in [1.54, 1.807) is 6.20 Å². The number of rotatable bonds is 8. The molecule has 1 rings (SSSR count). The number of Topliss-reactive ketones (excluding diaryl/α,β-unsaturated/α-hetero) is 1. The Hall–Kier alpha value is -0.430. The molecule has 5 heteroatoms. The maximum Gasteiger partial charge on any atom is 0.132 e. The zero-order valence-electron chi connectivity index (χ0n) is 10.2. The molecule has 1 aromatic rings. The maximum atomic E-state index is 11.1. The smallest absolute Gasteiger partial charge is 0.132 e. The van der Waals surface area contributed by atoms with Gasteiger partial charge in [0.15, 0.2) is 0 Å². The number of hydrogen-bond donors (Lipinski definition) is 2. The summed E-state index contributed by atoms with van der Waals surface area (Å²) in [6.07, 6.45) is 7.18. The molecule has 0 aliphatic heterocycles. The Balaban J connectivity index is 2.12. The molecule has 4 nitrogen and oxygen atoms in total. The molecular formula is C12H20IN3O. The van der Waals surface area contributed by atoms with E-state index in [4.69, 9.17) is 5.73 Å². The highest BCUT2D eigenvalue weighted by Crippen LogP contribution is 2.15. The first kappa shape index (κ1) is 14.6. The molecule has 3 N–H and O–H groups in total. The monoisotopic (exact) mass is 349 g/mol. The minimum atomic E-state index is -0.0135. The Morgan fingerprint density at radius 3 is 2.88 bits per heavy atom. The molecule has 0 amide bonds. The Morgan fingerprint density at radius 2 is 2.29 bits per heavy atom. The predicted molar refractivity (Wildman–Crippen MR) is 76.6 cm³/mol. The van der Waals surface area contributed by atoms with E-state index in [2.05, 4.69) is 32.6 Å². The highest BCUT2D eigenvalue weighted by molar-refractivity contribution is 14.1. The van der Waals surface area contributed by atoms with Crippen LogP contribution in [0.4, 0.5) is 0 Å². The summed E-state index contributed by atoms with van der Waals surface area (Å²) in [5, 5.41) is 0. The van der Waals surface area contributed by atoms with Gasteiger partial charge in [0.2, 0.25) is 0 Å². The summed E-state index contributed by atoms with van der Waals surface area (Å²) in [6.45, 7) is 1.91. The van der Waals surface area contributed by atoms with Gasteiger partial charge >= 0.3 is 0 Å². The molecular weight excluding hydrogens is 329 g/mol. The fraction of sp³-hybridized carbons (Fsp3) is 0.667. The van der Waals surface area contributed by atoms with Crippen molar-refractivity contribution in [3.63, 3.8) is 0 Å². The molecule has 0 saturated heterocycles. The lowest BCUT2D eigenvalue weighted by Gasteiger charge is -2.08. The Morgan fingerprint density at radius 1 is 1.53 bits per heavy atom. The van der Waals surface area contributed by atoms with Crippen molar-refractivity contribution in [3.8, 4) is 0 Å². The number of nitrogens with one attached hydrogen (secondary N) is 1. The lowest BCUT2D eigenvalue weighted by molar-refractivity contribution is -0.118. The van der Waals surface area contributed by atoms with Crippen LogP contribution in [0.1, 0.15) is 57.3 Å². The van der Waals surface area contributed by atoms with Crippen molar-refractivity contribution in [1.29, 1.82) is 0 Å². The third-order valence-corrected chi connectivity index (χ3v) is 3.33. The normalized spacial score (nSPS) is 12.6. The summed E-state index contributed by atoms with van der Waals surface area (Å²) >= 11 is 2.19. The number of unbranched alkanes of at least 4 members (excludes halogenated alkanes) is 2. The largest absolute Gasteiger partial charge is 0.336 e. The van der Waals surface area contributed by atoms with Crippen LogP contribution in [0.5, 0.6) is 0 Å². The second-order valence-corrected chi connectivity index (χ2v) is 5.38. The van der Waals surface area contributed by atoms with Crippen LogP contribution in [0.15, 0.2) is 6.20 Å². The van der Waals surface area contributed by atoms with Crippen LogP contribution in [0.2, 0.25) is 0 Å². The van der Waals surface area contributed by atoms with Crippen molar-refractivity contribution in [2.45, 2.75) is 51.5 Å². The topological polar surface area (TPSA) is 71.8 Å². The van der Waals surface area contributed by atoms with Crippen LogP contribution in [0.25, 0.3) is 0 Å². The maximum absolute atomic E-state index is 11.1. The fourth-order valence-corrected chi connectivity index (χ4v) is 2.09. The van der Waals surface area contributed by atoms with Crippen molar-refractivity contribution >= 4 is 28.4 Å². The molecule has 0 radical (unpaired) electrons. The molecule has 1 heterocycles. The number of aromatic nitrogens is 2. The second kappa shape index (κ2) is 7.81. The van der Waals surface area contributed by atoms with Gasteiger partial charge in [-0.25, -0.2) is 4.98 Å². The number of nitrogens with two attached hydrogens (primary N) is 1. The van der Waals surface area contributed by atoms with Gasteiger partial charge < -0.3 is 10.7 Å². The Kier molecular flexibility index (Phi) is 6.72. The number of hydrogen-bond acceptors (Lipinski definition) is 3. The minimum absolute atomic E-state index is 0.0135. The van der Waals surface area contributed by atoms with Crippen LogP contribution in [0.3, 0.4) is 0 Å². The van der Waals surface area contributed by atoms with E-state index >= 15 is 0 Å². The van der Waals surface area contributed by atoms with E-state index in [-0.39, 0.29) is 6.04 Å². The molecule has 0 unspecified atom stereocenters. The molecule has 0 aliphatic rings. The van der Waals surface area contributed by atoms with Crippen molar-refractivity contribution in [3.05, 3.63) is 15.7 Å². The third kappa shape index (κ3) is 5.63. The molecule has 0 aromatic carbocycles. The van der Waals surface area contributed by atoms with Crippen LogP contribution < -0.4 is 5.73 Å². The number of carbonyl (C=O) groups excluding carboxylic acids is 1. The van der Waals surface area contributed by atoms with Gasteiger partial charge in [-0.15, -0.1) is 0 Å². The minimum Gasteiger partial charge on any atom is -0.336 e. The van der Waals surface area contributed by atoms with Gasteiger partial charge in [0.25, 0.3) is 0 Å². The predicted octanol–water partition coefficient (Wildman–Crippen LogP) is 2.94. The molecule has 0 spiro atoms. The quantitative estimate of drug-likeness (QED) is 0.560. The SMILES string of the molecule is CCC(=O)CCCCC[C@H](N)c1ncc(I)[nH]1. The van der Waals surface area contributed by atoms with Crippen molar-refractivity contribution < 1.29 is 4.79 Å². The number of carbonyl (C=O) groups is 1. The van der Waals surface area contributed by atoms with Crippen LogP contribution in [0, 0.1) is 3.70 Å². The number of H-pyrrole nitrogens is 1. The van der Waals surface area contributed by atoms with Crippen LogP contribution in [-0.2, 0) is 4.79 Å². The van der Waals surface area contributed by atoms with E-state index in [0.717, 1.165) is 35.2 Å². The molecule has 1 atom stereocenters. The summed E-state index contributed by atoms with van der Waals surface area (Å²) < 4.78 is 1.02. The highest BCUT2D eigenvalue weighted by Gasteiger charge is 2.09. The first-order valence-electron chi connectivity index (χ1n) is 6.11. The summed E-state index contributed by atoms with van der Waals surface area (Å²) in [7, 11) is 0. The molecule has 17 heavy (non-hydrogen) atoms. The Bertz CT molecular complexity index is 351. The first-order valence-corrected chi connectivity index (χ1v) is 7.19. The molecule has 0 aliphatic carbocycles. The van der Waals surface area contributed by atoms with Gasteiger partial charge in [0.05, 0.1) is 15.9 Å². The van der Waals surface area contributed by atoms with Crippen LogP contribution in [-0.4, -0.2) is 15.8 Å². The summed E-state index contributed by atoms with van der Waals surface area (Å²) in [5.41, 5.74) is 6.01. The van der Waals surface area contributed by atoms with Gasteiger partial charge in [-0.2, -0.15) is 0 Å². The standard InChI is InChI=1S/C12H20IN3O/c1-2-9(17)6-4-3-5-7-10(14)12-15-8-11(13)16-12/h8,10H,2-7,14H2,1H3,(H,15,16)/t10-/m0/s1. The van der Waals surface area contributed by atoms with Crippen LogP contribution >= 0.6 is 22.6 Å². The van der Waals surface area contributed by atoms with E-state index in [1.165, 1.54) is 0 Å². The van der Waals surface area contributed by atoms with Gasteiger partial charge in [-0.3, -0.25) is 4.79 Å². The van der Waals surface area contributed by atoms with E-state index in [9.17, 15) is 4.79 Å². The van der Waals surface area contributed by atoms with E-state index < -0.39 is 0 Å². The zero-order chi connectivity index (χ0) is 12.7. The number of imidazole rings is 1. The summed E-state index contributed by atoms with van der Waals surface area (Å²) in [4.78, 5) is 18.4. The summed E-state index contributed by atoms with van der Waals surface area (Å²) in [6, 6.07) is -0.0135. The first-order chi connectivity index (χ1) is 8.13. The third-order valence-electron chi connectivity index (χ3n) is 2.78. The molecule has 0 bridgehead atoms. The number of aromatic amines is 1. The van der Waals surface area contributed by atoms with Crippen molar-refractivity contribution in [2.24, 2.45) is 5.73 Å². The van der Waals surface area contributed by atoms with Gasteiger partial charge in [-0.1, -0.05) is 19.8 Å². The average molecular weight is 349 g/mol. The lowest BCUT2D eigenvalue weighted by Crippen LogP contribution is -2.12. The fourth-order valence-electron chi connectivity index (χ4n) is 1.68. The second-order valence-electron chi connectivity index (χ2n) is 4.21. The Labute approximate surface area is 116 Å². The number of ketones is 1. The van der Waals surface area contributed by atoms with Crippen molar-refractivity contribution in [1.82, 2.24) is 9.97 Å². The summed E-state index contributed by atoms with van der Waals surface area (Å²) in [5.74, 6) is 1.22. The number of halogens is 1. The molecule has 0 saturated carbocycles. The molecule has 0 fully saturated rings. The van der Waals surface area contributed by atoms with Crippen molar-refractivity contribution in [2.75, 3.05) is 0 Å². The van der Waals surface area contributed by atoms with E-state index in [0.29, 0.717) is 18.6 Å². The molecule has 1 aromatic heterocycles. The van der Waals surface area contributed by atoms with Gasteiger partial charge in [0, 0.05) is 12.8 Å². The lowest BCUT2D eigenvalue weighted by atomic mass is 10.1. The average Bonchev–Trinajstić information content (AvgIpc) is 2.75. The van der Waals surface area contributed by atoms with E-state index in [1.807, 2.05) is 6.92 Å².